The molecule has 14 heavy (non-hydrogen) atoms. The van der Waals surface area contributed by atoms with E-state index in [2.05, 4.69) is 6.92 Å². The zero-order chi connectivity index (χ0) is 9.90. The first kappa shape index (κ1) is 13.7. The number of hydrogen-bond donors (Lipinski definition) is 1. The highest BCUT2D eigenvalue weighted by Crippen LogP contribution is 2.32. The van der Waals surface area contributed by atoms with Crippen molar-refractivity contribution in [3.05, 3.63) is 0 Å². The van der Waals surface area contributed by atoms with Gasteiger partial charge in [-0.15, -0.1) is 12.4 Å². The molecule has 4 heteroatoms. The van der Waals surface area contributed by atoms with Crippen LogP contribution in [0.4, 0.5) is 0 Å². The zero-order valence-electron chi connectivity index (χ0n) is 8.91. The molecule has 0 heterocycles. The van der Waals surface area contributed by atoms with Crippen molar-refractivity contribution < 1.29 is 9.53 Å². The van der Waals surface area contributed by atoms with Gasteiger partial charge in [0.15, 0.2) is 0 Å². The molecule has 84 valence electrons. The molecule has 0 spiro atoms. The number of rotatable bonds is 2. The Kier molecular flexibility index (Phi) is 5.45. The summed E-state index contributed by atoms with van der Waals surface area (Å²) >= 11 is 0. The van der Waals surface area contributed by atoms with Gasteiger partial charge in [0.1, 0.15) is 5.54 Å². The second-order valence-electron chi connectivity index (χ2n) is 4.00. The lowest BCUT2D eigenvalue weighted by atomic mass is 9.76. The number of nitrogens with two attached hydrogens (primary N) is 1. The van der Waals surface area contributed by atoms with E-state index in [-0.39, 0.29) is 18.4 Å². The van der Waals surface area contributed by atoms with Crippen LogP contribution in [0.25, 0.3) is 0 Å². The van der Waals surface area contributed by atoms with Crippen LogP contribution in [0.15, 0.2) is 0 Å². The summed E-state index contributed by atoms with van der Waals surface area (Å²) in [5.41, 5.74) is 5.26. The minimum atomic E-state index is -0.694. The fraction of sp³-hybridized carbons (Fsp3) is 0.900. The van der Waals surface area contributed by atoms with Crippen LogP contribution in [0, 0.1) is 5.92 Å². The molecule has 3 nitrogen and oxygen atoms in total. The Balaban J connectivity index is 0.00000169. The highest BCUT2D eigenvalue weighted by atomic mass is 35.5. The van der Waals surface area contributed by atoms with Crippen molar-refractivity contribution in [2.45, 2.75) is 44.6 Å². The normalized spacial score (nSPS) is 31.8. The Bertz CT molecular complexity index is 189. The summed E-state index contributed by atoms with van der Waals surface area (Å²) < 4.78 is 4.70. The molecule has 1 aliphatic carbocycles. The molecule has 2 N–H and O–H groups in total. The first-order valence-electron chi connectivity index (χ1n) is 4.99. The first-order chi connectivity index (χ1) is 6.12. The molecule has 0 atom stereocenters. The predicted molar refractivity (Wildman–Crippen MR) is 58.4 cm³/mol. The lowest BCUT2D eigenvalue weighted by Gasteiger charge is -2.34. The van der Waals surface area contributed by atoms with E-state index >= 15 is 0 Å². The average molecular weight is 222 g/mol. The van der Waals surface area contributed by atoms with E-state index < -0.39 is 5.54 Å². The molecular weight excluding hydrogens is 202 g/mol. The summed E-state index contributed by atoms with van der Waals surface area (Å²) in [5.74, 6) is 0.503. The van der Waals surface area contributed by atoms with E-state index in [1.807, 2.05) is 0 Å². The van der Waals surface area contributed by atoms with Crippen molar-refractivity contribution in [1.29, 1.82) is 0 Å². The third-order valence-corrected chi connectivity index (χ3v) is 3.17. The Labute approximate surface area is 91.8 Å². The Morgan fingerprint density at radius 2 is 2.00 bits per heavy atom. The van der Waals surface area contributed by atoms with Gasteiger partial charge in [0.05, 0.1) is 7.11 Å². The molecule has 0 saturated heterocycles. The van der Waals surface area contributed by atoms with E-state index in [4.69, 9.17) is 10.5 Å². The number of hydrogen-bond acceptors (Lipinski definition) is 3. The lowest BCUT2D eigenvalue weighted by Crippen LogP contribution is -2.51. The van der Waals surface area contributed by atoms with Crippen molar-refractivity contribution in [2.24, 2.45) is 11.7 Å². The van der Waals surface area contributed by atoms with Gasteiger partial charge in [0.2, 0.25) is 0 Å². The van der Waals surface area contributed by atoms with Crippen LogP contribution in [0.2, 0.25) is 0 Å². The quantitative estimate of drug-likeness (QED) is 0.725. The van der Waals surface area contributed by atoms with Crippen LogP contribution in [0.1, 0.15) is 39.0 Å². The minimum absolute atomic E-state index is 0. The standard InChI is InChI=1S/C10H19NO2.ClH/c1-3-8-4-6-10(11,7-5-8)9(12)13-2;/h8H,3-7,11H2,1-2H3;1H/t8-,10-;. The summed E-state index contributed by atoms with van der Waals surface area (Å²) in [7, 11) is 1.41. The number of esters is 1. The summed E-state index contributed by atoms with van der Waals surface area (Å²) in [6, 6.07) is 0. The van der Waals surface area contributed by atoms with Gasteiger partial charge in [0, 0.05) is 0 Å². The fourth-order valence-electron chi connectivity index (χ4n) is 2.01. The monoisotopic (exact) mass is 221 g/mol. The first-order valence-corrected chi connectivity index (χ1v) is 4.99. The molecule has 0 unspecified atom stereocenters. The van der Waals surface area contributed by atoms with Gasteiger partial charge in [-0.2, -0.15) is 0 Å². The van der Waals surface area contributed by atoms with E-state index in [1.54, 1.807) is 0 Å². The molecular formula is C10H20ClNO2. The van der Waals surface area contributed by atoms with Gasteiger partial charge < -0.3 is 10.5 Å². The van der Waals surface area contributed by atoms with E-state index in [0.29, 0.717) is 0 Å². The van der Waals surface area contributed by atoms with Crippen LogP contribution in [0.3, 0.4) is 0 Å². The zero-order valence-corrected chi connectivity index (χ0v) is 9.73. The number of carbonyl (C=O) groups is 1. The molecule has 0 aliphatic heterocycles. The molecule has 0 aromatic carbocycles. The highest BCUT2D eigenvalue weighted by molar-refractivity contribution is 5.85. The Hall–Kier alpha value is -0.280. The average Bonchev–Trinajstić information content (AvgIpc) is 2.18. The smallest absolute Gasteiger partial charge is 0.325 e. The molecule has 0 bridgehead atoms. The third-order valence-electron chi connectivity index (χ3n) is 3.17. The number of ether oxygens (including phenoxy) is 1. The molecule has 0 aromatic heterocycles. The maximum atomic E-state index is 11.3. The van der Waals surface area contributed by atoms with Gasteiger partial charge >= 0.3 is 5.97 Å². The lowest BCUT2D eigenvalue weighted by molar-refractivity contribution is -0.148. The maximum absolute atomic E-state index is 11.3. The Morgan fingerprint density at radius 3 is 2.36 bits per heavy atom. The number of methoxy groups -OCH3 is 1. The fourth-order valence-corrected chi connectivity index (χ4v) is 2.01. The van der Waals surface area contributed by atoms with Crippen molar-refractivity contribution in [2.75, 3.05) is 7.11 Å². The molecule has 1 rings (SSSR count). The number of halogens is 1. The molecule has 0 aromatic rings. The van der Waals surface area contributed by atoms with E-state index in [9.17, 15) is 4.79 Å². The highest BCUT2D eigenvalue weighted by Gasteiger charge is 2.38. The van der Waals surface area contributed by atoms with Gasteiger partial charge in [-0.25, -0.2) is 0 Å². The second kappa shape index (κ2) is 5.56. The van der Waals surface area contributed by atoms with Crippen LogP contribution in [-0.2, 0) is 9.53 Å². The topological polar surface area (TPSA) is 52.3 Å². The number of carbonyl (C=O) groups excluding carboxylic acids is 1. The van der Waals surface area contributed by atoms with Crippen LogP contribution < -0.4 is 5.73 Å². The summed E-state index contributed by atoms with van der Waals surface area (Å²) in [6.07, 6.45) is 4.86. The van der Waals surface area contributed by atoms with Gasteiger partial charge in [-0.1, -0.05) is 13.3 Å². The molecule has 1 saturated carbocycles. The van der Waals surface area contributed by atoms with Crippen LogP contribution in [0.5, 0.6) is 0 Å². The van der Waals surface area contributed by atoms with Gasteiger partial charge in [-0.3, -0.25) is 4.79 Å². The molecule has 0 amide bonds. The predicted octanol–water partition coefficient (Wildman–Crippen LogP) is 1.88. The Morgan fingerprint density at radius 1 is 1.50 bits per heavy atom. The van der Waals surface area contributed by atoms with Crippen molar-refractivity contribution in [3.8, 4) is 0 Å². The van der Waals surface area contributed by atoms with Crippen molar-refractivity contribution in [3.63, 3.8) is 0 Å². The maximum Gasteiger partial charge on any atom is 0.325 e. The van der Waals surface area contributed by atoms with Crippen molar-refractivity contribution in [1.82, 2.24) is 0 Å². The van der Waals surface area contributed by atoms with E-state index in [0.717, 1.165) is 31.6 Å². The van der Waals surface area contributed by atoms with Gasteiger partial charge in [-0.05, 0) is 31.6 Å². The second-order valence-corrected chi connectivity index (χ2v) is 4.00. The van der Waals surface area contributed by atoms with Gasteiger partial charge in [0.25, 0.3) is 0 Å². The van der Waals surface area contributed by atoms with Crippen LogP contribution >= 0.6 is 12.4 Å². The van der Waals surface area contributed by atoms with Crippen LogP contribution in [-0.4, -0.2) is 18.6 Å². The summed E-state index contributed by atoms with van der Waals surface area (Å²) in [6.45, 7) is 2.19. The van der Waals surface area contributed by atoms with Crippen molar-refractivity contribution >= 4 is 18.4 Å². The molecule has 0 radical (unpaired) electrons. The largest absolute Gasteiger partial charge is 0.468 e. The van der Waals surface area contributed by atoms with E-state index in [1.165, 1.54) is 13.5 Å². The minimum Gasteiger partial charge on any atom is -0.468 e. The summed E-state index contributed by atoms with van der Waals surface area (Å²) in [5, 5.41) is 0. The molecule has 1 fully saturated rings. The third kappa shape index (κ3) is 2.85. The summed E-state index contributed by atoms with van der Waals surface area (Å²) in [4.78, 5) is 11.3. The SMILES string of the molecule is CC[C@H]1CC[C@@](N)(C(=O)OC)CC1.Cl. The molecule has 1 aliphatic rings.